The van der Waals surface area contributed by atoms with E-state index in [2.05, 4.69) is 44.5 Å². The second-order valence-electron chi connectivity index (χ2n) is 6.26. The van der Waals surface area contributed by atoms with Crippen molar-refractivity contribution in [1.29, 1.82) is 0 Å². The first-order chi connectivity index (χ1) is 11.4. The summed E-state index contributed by atoms with van der Waals surface area (Å²) in [5.41, 5.74) is 3.44. The van der Waals surface area contributed by atoms with E-state index in [0.29, 0.717) is 6.04 Å². The van der Waals surface area contributed by atoms with E-state index in [4.69, 9.17) is 4.42 Å². The van der Waals surface area contributed by atoms with Gasteiger partial charge < -0.3 is 14.7 Å². The van der Waals surface area contributed by atoms with Gasteiger partial charge in [0.15, 0.2) is 0 Å². The molecule has 0 bridgehead atoms. The molecule has 23 heavy (non-hydrogen) atoms. The van der Waals surface area contributed by atoms with Crippen molar-refractivity contribution in [3.63, 3.8) is 0 Å². The van der Waals surface area contributed by atoms with Crippen LogP contribution in [-0.2, 0) is 13.1 Å². The van der Waals surface area contributed by atoms with Crippen LogP contribution >= 0.6 is 0 Å². The number of rotatable bonds is 5. The molecule has 3 aromatic rings. The van der Waals surface area contributed by atoms with Crippen molar-refractivity contribution in [3.8, 4) is 0 Å². The number of likely N-dealkylation sites (tertiary alicyclic amines) is 1. The molecule has 120 valence electrons. The van der Waals surface area contributed by atoms with Crippen LogP contribution in [0.15, 0.2) is 47.3 Å². The average Bonchev–Trinajstić information content (AvgIpc) is 3.25. The molecule has 1 saturated heterocycles. The number of H-pyrrole nitrogens is 1. The number of benzene rings is 1. The van der Waals surface area contributed by atoms with Crippen LogP contribution in [0.1, 0.15) is 24.2 Å². The predicted octanol–water partition coefficient (Wildman–Crippen LogP) is 2.91. The highest BCUT2D eigenvalue weighted by Crippen LogP contribution is 2.16. The lowest BCUT2D eigenvalue weighted by Gasteiger charge is -2.31. The molecule has 0 amide bonds. The van der Waals surface area contributed by atoms with Gasteiger partial charge in [-0.3, -0.25) is 4.90 Å². The largest absolute Gasteiger partial charge is 0.468 e. The first kappa shape index (κ1) is 14.5. The van der Waals surface area contributed by atoms with Gasteiger partial charge in [0.05, 0.1) is 30.2 Å². The van der Waals surface area contributed by atoms with Crippen LogP contribution in [-0.4, -0.2) is 34.0 Å². The van der Waals surface area contributed by atoms with E-state index in [0.717, 1.165) is 43.0 Å². The van der Waals surface area contributed by atoms with E-state index < -0.39 is 0 Å². The zero-order valence-electron chi connectivity index (χ0n) is 13.2. The Morgan fingerprint density at radius 3 is 3.00 bits per heavy atom. The fourth-order valence-electron chi connectivity index (χ4n) is 3.27. The van der Waals surface area contributed by atoms with Crippen molar-refractivity contribution in [1.82, 2.24) is 20.2 Å². The Balaban J connectivity index is 1.26. The Morgan fingerprint density at radius 2 is 2.17 bits per heavy atom. The van der Waals surface area contributed by atoms with Crippen molar-refractivity contribution < 1.29 is 4.42 Å². The highest BCUT2D eigenvalue weighted by Gasteiger charge is 2.19. The second kappa shape index (κ2) is 6.56. The standard InChI is InChI=1S/C18H22N4O/c1-2-16(23-9-1)12-22-7-5-15(6-8-22)19-11-14-3-4-17-18(10-14)21-13-20-17/h1-4,9-10,13,15,19H,5-8,11-12H2,(H,20,21). The lowest BCUT2D eigenvalue weighted by Crippen LogP contribution is -2.41. The molecule has 2 aromatic heterocycles. The third-order valence-corrected chi connectivity index (χ3v) is 4.63. The summed E-state index contributed by atoms with van der Waals surface area (Å²) in [5.74, 6) is 1.06. The van der Waals surface area contributed by atoms with Gasteiger partial charge in [0.1, 0.15) is 5.76 Å². The number of hydrogen-bond donors (Lipinski definition) is 2. The van der Waals surface area contributed by atoms with Crippen LogP contribution in [0.4, 0.5) is 0 Å². The van der Waals surface area contributed by atoms with E-state index in [1.54, 1.807) is 12.6 Å². The van der Waals surface area contributed by atoms with Crippen LogP contribution in [0, 0.1) is 0 Å². The van der Waals surface area contributed by atoms with Gasteiger partial charge in [-0.2, -0.15) is 0 Å². The Kier molecular flexibility index (Phi) is 4.13. The zero-order chi connectivity index (χ0) is 15.5. The Morgan fingerprint density at radius 1 is 1.26 bits per heavy atom. The third kappa shape index (κ3) is 3.46. The Labute approximate surface area is 135 Å². The van der Waals surface area contributed by atoms with Gasteiger partial charge in [0, 0.05) is 25.7 Å². The van der Waals surface area contributed by atoms with Crippen molar-refractivity contribution in [2.45, 2.75) is 32.0 Å². The third-order valence-electron chi connectivity index (χ3n) is 4.63. The zero-order valence-corrected chi connectivity index (χ0v) is 13.2. The predicted molar refractivity (Wildman–Crippen MR) is 89.9 cm³/mol. The maximum absolute atomic E-state index is 5.43. The van der Waals surface area contributed by atoms with Crippen molar-refractivity contribution in [3.05, 3.63) is 54.2 Å². The number of nitrogens with zero attached hydrogens (tertiary/aromatic N) is 2. The summed E-state index contributed by atoms with van der Waals surface area (Å²) in [4.78, 5) is 9.90. The molecule has 1 aliphatic heterocycles. The number of aromatic nitrogens is 2. The molecular formula is C18H22N4O. The lowest BCUT2D eigenvalue weighted by atomic mass is 10.0. The molecule has 0 spiro atoms. The van der Waals surface area contributed by atoms with Gasteiger partial charge in [-0.05, 0) is 42.7 Å². The molecule has 0 atom stereocenters. The topological polar surface area (TPSA) is 57.1 Å². The highest BCUT2D eigenvalue weighted by molar-refractivity contribution is 5.74. The van der Waals surface area contributed by atoms with Crippen molar-refractivity contribution in [2.75, 3.05) is 13.1 Å². The molecule has 0 radical (unpaired) electrons. The molecule has 4 rings (SSSR count). The van der Waals surface area contributed by atoms with E-state index in [1.165, 1.54) is 18.4 Å². The number of hydrogen-bond acceptors (Lipinski definition) is 4. The Bertz CT molecular complexity index is 741. The van der Waals surface area contributed by atoms with Gasteiger partial charge in [-0.1, -0.05) is 6.07 Å². The number of aromatic amines is 1. The highest BCUT2D eigenvalue weighted by atomic mass is 16.3. The van der Waals surface area contributed by atoms with Gasteiger partial charge in [0.25, 0.3) is 0 Å². The molecule has 5 heteroatoms. The fraction of sp³-hybridized carbons (Fsp3) is 0.389. The molecule has 1 aliphatic rings. The smallest absolute Gasteiger partial charge is 0.117 e. The first-order valence-corrected chi connectivity index (χ1v) is 8.27. The number of piperidine rings is 1. The van der Waals surface area contributed by atoms with E-state index in [-0.39, 0.29) is 0 Å². The summed E-state index contributed by atoms with van der Waals surface area (Å²) in [6.45, 7) is 4.09. The summed E-state index contributed by atoms with van der Waals surface area (Å²) in [6.07, 6.45) is 5.87. The molecule has 1 aromatic carbocycles. The average molecular weight is 310 g/mol. The first-order valence-electron chi connectivity index (χ1n) is 8.27. The van der Waals surface area contributed by atoms with Crippen LogP contribution < -0.4 is 5.32 Å². The maximum Gasteiger partial charge on any atom is 0.117 e. The molecule has 0 unspecified atom stereocenters. The molecule has 5 nitrogen and oxygen atoms in total. The van der Waals surface area contributed by atoms with Crippen LogP contribution in [0.5, 0.6) is 0 Å². The van der Waals surface area contributed by atoms with E-state index >= 15 is 0 Å². The Hall–Kier alpha value is -2.11. The van der Waals surface area contributed by atoms with E-state index in [1.807, 2.05) is 6.07 Å². The monoisotopic (exact) mass is 310 g/mol. The molecule has 1 fully saturated rings. The summed E-state index contributed by atoms with van der Waals surface area (Å²) >= 11 is 0. The molecule has 0 aliphatic carbocycles. The number of furan rings is 1. The number of fused-ring (bicyclic) bond motifs is 1. The minimum atomic E-state index is 0.598. The fourth-order valence-corrected chi connectivity index (χ4v) is 3.27. The molecule has 2 N–H and O–H groups in total. The number of imidazole rings is 1. The van der Waals surface area contributed by atoms with Crippen molar-refractivity contribution >= 4 is 11.0 Å². The minimum absolute atomic E-state index is 0.598. The SMILES string of the molecule is c1coc(CN2CCC(NCc3ccc4nc[nH]c4c3)CC2)c1. The van der Waals surface area contributed by atoms with Gasteiger partial charge in [0.2, 0.25) is 0 Å². The van der Waals surface area contributed by atoms with Gasteiger partial charge in [-0.15, -0.1) is 0 Å². The van der Waals surface area contributed by atoms with E-state index in [9.17, 15) is 0 Å². The quantitative estimate of drug-likeness (QED) is 0.761. The summed E-state index contributed by atoms with van der Waals surface area (Å²) < 4.78 is 5.43. The second-order valence-corrected chi connectivity index (χ2v) is 6.26. The molecular weight excluding hydrogens is 288 g/mol. The minimum Gasteiger partial charge on any atom is -0.468 e. The number of nitrogens with one attached hydrogen (secondary N) is 2. The molecule has 0 saturated carbocycles. The van der Waals surface area contributed by atoms with Gasteiger partial charge in [-0.25, -0.2) is 4.98 Å². The van der Waals surface area contributed by atoms with Crippen molar-refractivity contribution in [2.24, 2.45) is 0 Å². The normalized spacial score (nSPS) is 17.0. The van der Waals surface area contributed by atoms with Crippen LogP contribution in [0.3, 0.4) is 0 Å². The van der Waals surface area contributed by atoms with Gasteiger partial charge >= 0.3 is 0 Å². The summed E-state index contributed by atoms with van der Waals surface area (Å²) in [6, 6.07) is 11.0. The lowest BCUT2D eigenvalue weighted by molar-refractivity contribution is 0.178. The van der Waals surface area contributed by atoms with Crippen LogP contribution in [0.25, 0.3) is 11.0 Å². The van der Waals surface area contributed by atoms with Crippen LogP contribution in [0.2, 0.25) is 0 Å². The maximum atomic E-state index is 5.43. The summed E-state index contributed by atoms with van der Waals surface area (Å²) in [7, 11) is 0. The summed E-state index contributed by atoms with van der Waals surface area (Å²) in [5, 5.41) is 3.69. The molecule has 3 heterocycles.